The number of carbonyl (C=O) groups excluding carboxylic acids is 3. The number of ether oxygens (including phenoxy) is 1. The topological polar surface area (TPSA) is 125 Å². The number of hydrogen-bond acceptors (Lipinski definition) is 7. The maximum atomic E-state index is 13.6. The van der Waals surface area contributed by atoms with Crippen LogP contribution in [0.1, 0.15) is 38.1 Å². The zero-order valence-electron chi connectivity index (χ0n) is 18.3. The first-order valence-electron chi connectivity index (χ1n) is 10.6. The first-order chi connectivity index (χ1) is 16.8. The van der Waals surface area contributed by atoms with Crippen LogP contribution >= 0.6 is 15.9 Å². The van der Waals surface area contributed by atoms with Crippen LogP contribution in [0.3, 0.4) is 0 Å². The molecular formula is C25H17BrN4O5. The number of hydrogen-bond donors (Lipinski definition) is 1. The maximum Gasteiger partial charge on any atom is 0.359 e. The molecule has 0 spiro atoms. The van der Waals surface area contributed by atoms with Gasteiger partial charge in [-0.05, 0) is 49.4 Å². The summed E-state index contributed by atoms with van der Waals surface area (Å²) < 4.78 is 6.96. The quantitative estimate of drug-likeness (QED) is 0.241. The third-order valence-electron chi connectivity index (χ3n) is 5.63. The highest BCUT2D eigenvalue weighted by molar-refractivity contribution is 9.10. The highest BCUT2D eigenvalue weighted by atomic mass is 79.9. The summed E-state index contributed by atoms with van der Waals surface area (Å²) in [5.74, 6) is -2.06. The molecule has 2 amide bonds. The van der Waals surface area contributed by atoms with Gasteiger partial charge < -0.3 is 10.5 Å². The van der Waals surface area contributed by atoms with Gasteiger partial charge in [-0.25, -0.2) is 9.69 Å². The number of rotatable bonds is 4. The fourth-order valence-corrected chi connectivity index (χ4v) is 4.33. The molecule has 4 aromatic rings. The van der Waals surface area contributed by atoms with E-state index in [1.807, 2.05) is 0 Å². The second-order valence-corrected chi connectivity index (χ2v) is 8.59. The van der Waals surface area contributed by atoms with Crippen molar-refractivity contribution in [3.63, 3.8) is 0 Å². The van der Waals surface area contributed by atoms with Crippen LogP contribution in [0.2, 0.25) is 0 Å². The molecule has 35 heavy (non-hydrogen) atoms. The molecule has 10 heteroatoms. The van der Waals surface area contributed by atoms with E-state index < -0.39 is 23.3 Å². The fraction of sp³-hybridized carbons (Fsp3) is 0.0800. The van der Waals surface area contributed by atoms with Crippen LogP contribution in [-0.4, -0.2) is 34.2 Å². The molecule has 0 atom stereocenters. The monoisotopic (exact) mass is 532 g/mol. The largest absolute Gasteiger partial charge is 0.461 e. The molecule has 2 heterocycles. The van der Waals surface area contributed by atoms with Crippen molar-refractivity contribution < 1.29 is 19.1 Å². The van der Waals surface area contributed by atoms with E-state index >= 15 is 0 Å². The number of carbonyl (C=O) groups is 3. The number of halogens is 1. The molecule has 5 rings (SSSR count). The number of nitrogens with two attached hydrogens (primary N) is 1. The Balaban J connectivity index is 1.83. The van der Waals surface area contributed by atoms with E-state index in [0.717, 1.165) is 14.1 Å². The molecule has 0 bridgehead atoms. The van der Waals surface area contributed by atoms with Crippen molar-refractivity contribution >= 4 is 55.9 Å². The minimum Gasteiger partial charge on any atom is -0.461 e. The SMILES string of the molecule is CCOC(=O)c1nn(-c2ccc(Br)cc2)c(=O)c2c(N)c3c(cc12)C(=O)N(c1ccccc1)C3=O. The lowest BCUT2D eigenvalue weighted by Crippen LogP contribution is -2.29. The number of imide groups is 1. The number of anilines is 2. The second-order valence-electron chi connectivity index (χ2n) is 7.68. The Kier molecular flexibility index (Phi) is 5.45. The van der Waals surface area contributed by atoms with Crippen molar-refractivity contribution in [1.29, 1.82) is 0 Å². The summed E-state index contributed by atoms with van der Waals surface area (Å²) in [4.78, 5) is 53.9. The summed E-state index contributed by atoms with van der Waals surface area (Å²) in [5.41, 5.74) is 5.97. The van der Waals surface area contributed by atoms with Crippen LogP contribution in [0.25, 0.3) is 16.5 Å². The Morgan fingerprint density at radius 1 is 1.00 bits per heavy atom. The smallest absolute Gasteiger partial charge is 0.359 e. The first kappa shape index (κ1) is 22.5. The van der Waals surface area contributed by atoms with Crippen LogP contribution in [0.15, 0.2) is 69.9 Å². The third-order valence-corrected chi connectivity index (χ3v) is 6.16. The Morgan fingerprint density at radius 3 is 2.34 bits per heavy atom. The third kappa shape index (κ3) is 3.50. The molecule has 9 nitrogen and oxygen atoms in total. The summed E-state index contributed by atoms with van der Waals surface area (Å²) in [6.07, 6.45) is 0. The van der Waals surface area contributed by atoms with Gasteiger partial charge in [0.15, 0.2) is 5.69 Å². The van der Waals surface area contributed by atoms with Crippen LogP contribution in [0, 0.1) is 0 Å². The number of esters is 1. The summed E-state index contributed by atoms with van der Waals surface area (Å²) in [5, 5.41) is 4.20. The van der Waals surface area contributed by atoms with Gasteiger partial charge in [-0.15, -0.1) is 0 Å². The van der Waals surface area contributed by atoms with Crippen molar-refractivity contribution in [1.82, 2.24) is 9.78 Å². The van der Waals surface area contributed by atoms with Gasteiger partial charge in [-0.1, -0.05) is 34.1 Å². The van der Waals surface area contributed by atoms with E-state index in [0.29, 0.717) is 11.4 Å². The van der Waals surface area contributed by atoms with Gasteiger partial charge in [0.25, 0.3) is 17.4 Å². The first-order valence-corrected chi connectivity index (χ1v) is 11.4. The van der Waals surface area contributed by atoms with E-state index in [4.69, 9.17) is 10.5 Å². The van der Waals surface area contributed by atoms with Crippen LogP contribution in [0.4, 0.5) is 11.4 Å². The molecule has 2 N–H and O–H groups in total. The predicted molar refractivity (Wildman–Crippen MR) is 133 cm³/mol. The van der Waals surface area contributed by atoms with Gasteiger partial charge in [0.2, 0.25) is 0 Å². The Labute approximate surface area is 206 Å². The average Bonchev–Trinajstić information content (AvgIpc) is 3.10. The average molecular weight is 533 g/mol. The van der Waals surface area contributed by atoms with Crippen molar-refractivity contribution in [2.75, 3.05) is 17.2 Å². The zero-order valence-corrected chi connectivity index (χ0v) is 19.9. The van der Waals surface area contributed by atoms with Crippen LogP contribution < -0.4 is 16.2 Å². The Bertz CT molecular complexity index is 1600. The van der Waals surface area contributed by atoms with Crippen molar-refractivity contribution in [3.05, 3.63) is 92.3 Å². The fourth-order valence-electron chi connectivity index (χ4n) is 4.07. The van der Waals surface area contributed by atoms with E-state index in [-0.39, 0.29) is 39.9 Å². The Hall–Kier alpha value is -4.31. The zero-order chi connectivity index (χ0) is 24.9. The second kappa shape index (κ2) is 8.48. The van der Waals surface area contributed by atoms with Crippen molar-refractivity contribution in [3.8, 4) is 5.69 Å². The molecule has 1 aliphatic heterocycles. The van der Waals surface area contributed by atoms with E-state index in [1.54, 1.807) is 61.5 Å². The molecule has 0 aliphatic carbocycles. The lowest BCUT2D eigenvalue weighted by atomic mass is 9.99. The lowest BCUT2D eigenvalue weighted by Gasteiger charge is -2.13. The molecule has 3 aromatic carbocycles. The van der Waals surface area contributed by atoms with E-state index in [9.17, 15) is 19.2 Å². The van der Waals surface area contributed by atoms with Gasteiger partial charge in [0, 0.05) is 9.86 Å². The van der Waals surface area contributed by atoms with E-state index in [1.165, 1.54) is 6.07 Å². The van der Waals surface area contributed by atoms with Crippen LogP contribution in [-0.2, 0) is 4.74 Å². The highest BCUT2D eigenvalue weighted by Gasteiger charge is 2.40. The maximum absolute atomic E-state index is 13.6. The van der Waals surface area contributed by atoms with Gasteiger partial charge in [-0.2, -0.15) is 9.78 Å². The lowest BCUT2D eigenvalue weighted by molar-refractivity contribution is 0.0519. The van der Waals surface area contributed by atoms with Crippen molar-refractivity contribution in [2.24, 2.45) is 0 Å². The number of amides is 2. The molecular weight excluding hydrogens is 516 g/mol. The molecule has 0 unspecified atom stereocenters. The van der Waals surface area contributed by atoms with Crippen molar-refractivity contribution in [2.45, 2.75) is 6.92 Å². The normalized spacial score (nSPS) is 12.8. The predicted octanol–water partition coefficient (Wildman–Crippen LogP) is 3.71. The van der Waals surface area contributed by atoms with Gasteiger partial charge >= 0.3 is 5.97 Å². The number of nitrogens with zero attached hydrogens (tertiary/aromatic N) is 3. The molecule has 0 saturated heterocycles. The number of nitrogen functional groups attached to an aromatic ring is 1. The molecule has 0 fully saturated rings. The van der Waals surface area contributed by atoms with Gasteiger partial charge in [0.05, 0.1) is 40.2 Å². The number of aromatic nitrogens is 2. The summed E-state index contributed by atoms with van der Waals surface area (Å²) in [6.45, 7) is 1.70. The number of para-hydroxylation sites is 1. The van der Waals surface area contributed by atoms with Gasteiger partial charge in [-0.3, -0.25) is 14.4 Å². The minimum atomic E-state index is -0.792. The molecule has 1 aliphatic rings. The van der Waals surface area contributed by atoms with Gasteiger partial charge in [0.1, 0.15) is 0 Å². The highest BCUT2D eigenvalue weighted by Crippen LogP contribution is 2.36. The summed E-state index contributed by atoms with van der Waals surface area (Å²) >= 11 is 3.34. The minimum absolute atomic E-state index is 0.0167. The summed E-state index contributed by atoms with van der Waals surface area (Å²) in [6, 6.07) is 16.4. The summed E-state index contributed by atoms with van der Waals surface area (Å²) in [7, 11) is 0. The number of benzene rings is 3. The molecule has 0 radical (unpaired) electrons. The van der Waals surface area contributed by atoms with E-state index in [2.05, 4.69) is 21.0 Å². The standard InChI is InChI=1S/C25H17BrN4O5/c1-2-35-25(34)21-16-12-17-19(23(32)29(22(17)31)14-6-4-3-5-7-14)20(27)18(16)24(33)30(28-21)15-10-8-13(26)9-11-15/h3-12H,2,27H2,1H3. The number of fused-ring (bicyclic) bond motifs is 2. The Morgan fingerprint density at radius 2 is 1.69 bits per heavy atom. The molecule has 1 aromatic heterocycles. The molecule has 0 saturated carbocycles. The van der Waals surface area contributed by atoms with Crippen LogP contribution in [0.5, 0.6) is 0 Å². The molecule has 174 valence electrons.